The molecule has 0 aromatic heterocycles. The summed E-state index contributed by atoms with van der Waals surface area (Å²) < 4.78 is 56.0. The second kappa shape index (κ2) is 11.7. The molecule has 4 aliphatic rings. The van der Waals surface area contributed by atoms with Crippen LogP contribution in [-0.2, 0) is 29.8 Å². The largest absolute Gasteiger partial charge is 0.454 e. The Kier molecular flexibility index (Phi) is 8.12. The van der Waals surface area contributed by atoms with Crippen LogP contribution in [0.4, 0.5) is 4.79 Å². The molecule has 10 nitrogen and oxygen atoms in total. The molecule has 4 heterocycles. The molecule has 0 spiro atoms. The third kappa shape index (κ3) is 5.36. The molecule has 3 fully saturated rings. The van der Waals surface area contributed by atoms with Gasteiger partial charge in [-0.1, -0.05) is 12.1 Å². The third-order valence-electron chi connectivity index (χ3n) is 9.18. The lowest BCUT2D eigenvalue weighted by atomic mass is 9.83. The maximum atomic E-state index is 13.4. The number of amides is 1. The maximum absolute atomic E-state index is 13.4. The van der Waals surface area contributed by atoms with Crippen LogP contribution in [0.1, 0.15) is 52.0 Å². The highest BCUT2D eigenvalue weighted by Gasteiger charge is 2.52. The molecule has 0 N–H and O–H groups in total. The van der Waals surface area contributed by atoms with Crippen molar-refractivity contribution in [1.29, 1.82) is 0 Å². The average molecular weight is 601 g/mol. The molecule has 42 heavy (non-hydrogen) atoms. The number of fused-ring (bicyclic) bond motifs is 1. The minimum Gasteiger partial charge on any atom is -0.454 e. The number of nitrogens with zero attached hydrogens (tertiary/aromatic N) is 2. The fraction of sp³-hybridized carbons (Fsp3) is 0.581. The lowest BCUT2D eigenvalue weighted by molar-refractivity contribution is -0.228. The van der Waals surface area contributed by atoms with E-state index < -0.39 is 15.6 Å². The van der Waals surface area contributed by atoms with Gasteiger partial charge in [0, 0.05) is 36.7 Å². The number of piperidine rings is 2. The molecule has 0 radical (unpaired) electrons. The number of hydrogen-bond donors (Lipinski definition) is 0. The predicted octanol–water partition coefficient (Wildman–Crippen LogP) is 4.56. The number of likely N-dealkylation sites (tertiary alicyclic amines) is 2. The lowest BCUT2D eigenvalue weighted by Crippen LogP contribution is -2.51. The molecule has 0 bridgehead atoms. The SMILES string of the molecule is CCOC(=O)N1CCC(N2CCC(C3(c4ccc(S(=O)(=O)c5ccc6c(c5)OCO6)cc4)O[C@@H](C)[C@H](C)O3)CC2)CC1. The van der Waals surface area contributed by atoms with Crippen LogP contribution in [0.2, 0.25) is 0 Å². The van der Waals surface area contributed by atoms with E-state index >= 15 is 0 Å². The van der Waals surface area contributed by atoms with Crippen LogP contribution in [0, 0.1) is 5.92 Å². The molecule has 2 aromatic rings. The Bertz CT molecular complexity index is 1370. The highest BCUT2D eigenvalue weighted by molar-refractivity contribution is 7.91. The van der Waals surface area contributed by atoms with Crippen molar-refractivity contribution >= 4 is 15.9 Å². The molecule has 0 unspecified atom stereocenters. The van der Waals surface area contributed by atoms with Gasteiger partial charge in [0.15, 0.2) is 17.3 Å². The number of hydrogen-bond acceptors (Lipinski definition) is 9. The number of carbonyl (C=O) groups is 1. The Morgan fingerprint density at radius 1 is 0.881 bits per heavy atom. The molecular weight excluding hydrogens is 560 g/mol. The van der Waals surface area contributed by atoms with Crippen molar-refractivity contribution in [3.8, 4) is 11.5 Å². The predicted molar refractivity (Wildman–Crippen MR) is 153 cm³/mol. The molecule has 3 saturated heterocycles. The molecule has 6 rings (SSSR count). The van der Waals surface area contributed by atoms with Crippen molar-refractivity contribution in [2.45, 2.75) is 80.3 Å². The molecule has 1 amide bonds. The van der Waals surface area contributed by atoms with Crippen molar-refractivity contribution in [1.82, 2.24) is 9.80 Å². The van der Waals surface area contributed by atoms with Gasteiger partial charge in [0.05, 0.1) is 28.6 Å². The third-order valence-corrected chi connectivity index (χ3v) is 10.9. The Balaban J connectivity index is 1.16. The van der Waals surface area contributed by atoms with Crippen molar-refractivity contribution < 1.29 is 36.9 Å². The standard InChI is InChI=1S/C31H40N2O8S/c1-4-37-30(34)33-17-13-25(14-18-33)32-15-11-24(12-16-32)31(40-21(2)22(3)41-31)23-5-7-26(8-6-23)42(35,36)27-9-10-28-29(19-27)39-20-38-28/h5-10,19,21-22,24-25H,4,11-18,20H2,1-3H3/t21-,22-/m0/s1. The second-order valence-corrected chi connectivity index (χ2v) is 13.5. The highest BCUT2D eigenvalue weighted by atomic mass is 32.2. The zero-order chi connectivity index (χ0) is 29.5. The van der Waals surface area contributed by atoms with Gasteiger partial charge < -0.3 is 33.5 Å². The van der Waals surface area contributed by atoms with Gasteiger partial charge in [0.25, 0.3) is 0 Å². The van der Waals surface area contributed by atoms with E-state index in [2.05, 4.69) is 4.90 Å². The minimum atomic E-state index is -3.76. The monoisotopic (exact) mass is 600 g/mol. The summed E-state index contributed by atoms with van der Waals surface area (Å²) in [5, 5.41) is 0. The number of benzene rings is 2. The van der Waals surface area contributed by atoms with E-state index in [9.17, 15) is 13.2 Å². The van der Waals surface area contributed by atoms with Crippen molar-refractivity contribution in [3.05, 3.63) is 48.0 Å². The van der Waals surface area contributed by atoms with E-state index in [0.29, 0.717) is 24.1 Å². The molecule has 0 saturated carbocycles. The van der Waals surface area contributed by atoms with Crippen LogP contribution in [-0.4, -0.2) is 82.1 Å². The summed E-state index contributed by atoms with van der Waals surface area (Å²) in [5.74, 6) is 0.160. The van der Waals surface area contributed by atoms with Gasteiger partial charge in [0.2, 0.25) is 16.6 Å². The Morgan fingerprint density at radius 3 is 2.14 bits per heavy atom. The first-order chi connectivity index (χ1) is 20.2. The van der Waals surface area contributed by atoms with Crippen LogP contribution in [0.5, 0.6) is 11.5 Å². The summed E-state index contributed by atoms with van der Waals surface area (Å²) in [6.45, 7) is 9.64. The first kappa shape index (κ1) is 29.2. The first-order valence-electron chi connectivity index (χ1n) is 15.0. The van der Waals surface area contributed by atoms with Crippen LogP contribution < -0.4 is 9.47 Å². The second-order valence-electron chi connectivity index (χ2n) is 11.6. The Morgan fingerprint density at radius 2 is 1.50 bits per heavy atom. The molecule has 2 atom stereocenters. The smallest absolute Gasteiger partial charge is 0.409 e. The zero-order valence-corrected chi connectivity index (χ0v) is 25.3. The fourth-order valence-corrected chi connectivity index (χ4v) is 7.93. The number of rotatable bonds is 6. The van der Waals surface area contributed by atoms with E-state index in [1.54, 1.807) is 29.2 Å². The number of sulfone groups is 1. The van der Waals surface area contributed by atoms with Gasteiger partial charge in [-0.3, -0.25) is 0 Å². The number of ether oxygens (including phenoxy) is 5. The van der Waals surface area contributed by atoms with E-state index in [4.69, 9.17) is 23.7 Å². The summed E-state index contributed by atoms with van der Waals surface area (Å²) >= 11 is 0. The van der Waals surface area contributed by atoms with Gasteiger partial charge in [-0.2, -0.15) is 0 Å². The number of carbonyl (C=O) groups excluding carboxylic acids is 1. The first-order valence-corrected chi connectivity index (χ1v) is 16.5. The van der Waals surface area contributed by atoms with E-state index in [1.807, 2.05) is 32.9 Å². The molecule has 228 valence electrons. The molecule has 2 aromatic carbocycles. The molecule has 0 aliphatic carbocycles. The summed E-state index contributed by atoms with van der Waals surface area (Å²) in [5.41, 5.74) is 0.838. The van der Waals surface area contributed by atoms with Gasteiger partial charge >= 0.3 is 6.09 Å². The van der Waals surface area contributed by atoms with Gasteiger partial charge in [-0.15, -0.1) is 0 Å². The van der Waals surface area contributed by atoms with Crippen LogP contribution in [0.15, 0.2) is 52.3 Å². The van der Waals surface area contributed by atoms with Crippen LogP contribution >= 0.6 is 0 Å². The van der Waals surface area contributed by atoms with Crippen molar-refractivity contribution in [3.63, 3.8) is 0 Å². The quantitative estimate of drug-likeness (QED) is 0.472. The summed E-state index contributed by atoms with van der Waals surface area (Å²) in [4.78, 5) is 16.8. The van der Waals surface area contributed by atoms with Crippen molar-refractivity contribution in [2.24, 2.45) is 5.92 Å². The minimum absolute atomic E-state index is 0.0835. The lowest BCUT2D eigenvalue weighted by Gasteiger charge is -2.45. The highest BCUT2D eigenvalue weighted by Crippen LogP contribution is 2.48. The van der Waals surface area contributed by atoms with Crippen LogP contribution in [0.3, 0.4) is 0 Å². The normalized spacial score (nSPS) is 25.1. The topological polar surface area (TPSA) is 104 Å². The van der Waals surface area contributed by atoms with E-state index in [-0.39, 0.29) is 40.8 Å². The zero-order valence-electron chi connectivity index (χ0n) is 24.5. The summed E-state index contributed by atoms with van der Waals surface area (Å²) in [6.07, 6.45) is 3.28. The fourth-order valence-electron chi connectivity index (χ4n) is 6.66. The van der Waals surface area contributed by atoms with E-state index in [0.717, 1.165) is 57.4 Å². The molecular formula is C31H40N2O8S. The van der Waals surface area contributed by atoms with Crippen LogP contribution in [0.25, 0.3) is 0 Å². The Labute approximate surface area is 247 Å². The van der Waals surface area contributed by atoms with Gasteiger partial charge in [-0.05, 0) is 83.8 Å². The van der Waals surface area contributed by atoms with Crippen molar-refractivity contribution in [2.75, 3.05) is 39.6 Å². The summed E-state index contributed by atoms with van der Waals surface area (Å²) in [7, 11) is -3.76. The van der Waals surface area contributed by atoms with Gasteiger partial charge in [-0.25, -0.2) is 13.2 Å². The maximum Gasteiger partial charge on any atom is 0.409 e. The Hall–Kier alpha value is -2.86. The average Bonchev–Trinajstić information content (AvgIpc) is 3.61. The van der Waals surface area contributed by atoms with Gasteiger partial charge in [0.1, 0.15) is 0 Å². The summed E-state index contributed by atoms with van der Waals surface area (Å²) in [6, 6.07) is 12.1. The van der Waals surface area contributed by atoms with E-state index in [1.165, 1.54) is 6.07 Å². The molecule has 4 aliphatic heterocycles. The molecule has 11 heteroatoms.